The number of urea groups is 1. The summed E-state index contributed by atoms with van der Waals surface area (Å²) in [6, 6.07) is 7.64. The Labute approximate surface area is 101 Å². The number of rotatable bonds is 1. The van der Waals surface area contributed by atoms with Crippen LogP contribution >= 0.6 is 0 Å². The van der Waals surface area contributed by atoms with Crippen molar-refractivity contribution in [3.05, 3.63) is 29.8 Å². The molecule has 1 aliphatic heterocycles. The quantitative estimate of drug-likeness (QED) is 0.780. The van der Waals surface area contributed by atoms with Crippen LogP contribution in [0.15, 0.2) is 24.3 Å². The van der Waals surface area contributed by atoms with Gasteiger partial charge in [-0.15, -0.1) is 0 Å². The van der Waals surface area contributed by atoms with E-state index in [2.05, 4.69) is 5.32 Å². The van der Waals surface area contributed by atoms with Crippen molar-refractivity contribution in [3.63, 3.8) is 0 Å². The average molecular weight is 234 g/mol. The number of aliphatic hydroxyl groups excluding tert-OH is 1. The highest BCUT2D eigenvalue weighted by molar-refractivity contribution is 5.89. The summed E-state index contributed by atoms with van der Waals surface area (Å²) in [5.41, 5.74) is 1.98. The highest BCUT2D eigenvalue weighted by atomic mass is 16.3. The maximum absolute atomic E-state index is 11.9. The van der Waals surface area contributed by atoms with E-state index in [0.29, 0.717) is 25.9 Å². The number of benzene rings is 1. The molecule has 1 aliphatic rings. The fourth-order valence-corrected chi connectivity index (χ4v) is 1.91. The van der Waals surface area contributed by atoms with Gasteiger partial charge in [-0.1, -0.05) is 17.7 Å². The van der Waals surface area contributed by atoms with Crippen molar-refractivity contribution in [1.29, 1.82) is 0 Å². The van der Waals surface area contributed by atoms with Gasteiger partial charge >= 0.3 is 6.03 Å². The van der Waals surface area contributed by atoms with Crippen molar-refractivity contribution in [2.75, 3.05) is 18.4 Å². The molecule has 4 nitrogen and oxygen atoms in total. The van der Waals surface area contributed by atoms with Gasteiger partial charge in [0.25, 0.3) is 0 Å². The first-order chi connectivity index (χ1) is 8.15. The second kappa shape index (κ2) is 5.19. The van der Waals surface area contributed by atoms with E-state index in [-0.39, 0.29) is 12.1 Å². The molecule has 1 fully saturated rings. The standard InChI is InChI=1S/C13H18N2O2/c1-10-2-4-11(5-3-10)14-13(17)15-8-6-12(16)7-9-15/h2-5,12,16H,6-9H2,1H3,(H,14,17). The zero-order chi connectivity index (χ0) is 12.3. The highest BCUT2D eigenvalue weighted by Gasteiger charge is 2.20. The number of carbonyl (C=O) groups excluding carboxylic acids is 1. The first kappa shape index (κ1) is 11.9. The van der Waals surface area contributed by atoms with Gasteiger partial charge in [0.15, 0.2) is 0 Å². The van der Waals surface area contributed by atoms with Crippen LogP contribution in [0.1, 0.15) is 18.4 Å². The maximum atomic E-state index is 11.9. The first-order valence-electron chi connectivity index (χ1n) is 5.96. The Morgan fingerprint density at radius 3 is 2.47 bits per heavy atom. The number of nitrogens with one attached hydrogen (secondary N) is 1. The summed E-state index contributed by atoms with van der Waals surface area (Å²) >= 11 is 0. The van der Waals surface area contributed by atoms with E-state index in [1.807, 2.05) is 31.2 Å². The van der Waals surface area contributed by atoms with Gasteiger partial charge in [0.2, 0.25) is 0 Å². The summed E-state index contributed by atoms with van der Waals surface area (Å²) in [6.07, 6.45) is 1.08. The fraction of sp³-hybridized carbons (Fsp3) is 0.462. The molecule has 1 aromatic carbocycles. The monoisotopic (exact) mass is 234 g/mol. The Morgan fingerprint density at radius 1 is 1.29 bits per heavy atom. The van der Waals surface area contributed by atoms with Gasteiger partial charge in [-0.3, -0.25) is 0 Å². The van der Waals surface area contributed by atoms with Crippen molar-refractivity contribution in [1.82, 2.24) is 4.90 Å². The van der Waals surface area contributed by atoms with Gasteiger partial charge in [0.05, 0.1) is 6.10 Å². The van der Waals surface area contributed by atoms with Gasteiger partial charge in [-0.05, 0) is 31.9 Å². The molecule has 1 aromatic rings. The molecule has 0 aliphatic carbocycles. The number of piperidine rings is 1. The molecule has 2 amide bonds. The molecule has 0 saturated carbocycles. The lowest BCUT2D eigenvalue weighted by atomic mass is 10.1. The summed E-state index contributed by atoms with van der Waals surface area (Å²) in [5.74, 6) is 0. The van der Waals surface area contributed by atoms with Gasteiger partial charge in [-0.25, -0.2) is 4.79 Å². The predicted molar refractivity (Wildman–Crippen MR) is 67.0 cm³/mol. The number of aliphatic hydroxyl groups is 1. The first-order valence-corrected chi connectivity index (χ1v) is 5.96. The molecule has 4 heteroatoms. The number of likely N-dealkylation sites (tertiary alicyclic amines) is 1. The van der Waals surface area contributed by atoms with Gasteiger partial charge in [-0.2, -0.15) is 0 Å². The minimum Gasteiger partial charge on any atom is -0.393 e. The smallest absolute Gasteiger partial charge is 0.321 e. The molecule has 92 valence electrons. The number of carbonyl (C=O) groups is 1. The van der Waals surface area contributed by atoms with Crippen LogP contribution in [0.3, 0.4) is 0 Å². The van der Waals surface area contributed by atoms with E-state index in [1.165, 1.54) is 5.56 Å². The minimum atomic E-state index is -0.251. The number of hydrogen-bond donors (Lipinski definition) is 2. The summed E-state index contributed by atoms with van der Waals surface area (Å²) in [6.45, 7) is 3.26. The van der Waals surface area contributed by atoms with Crippen LogP contribution in [-0.2, 0) is 0 Å². The molecule has 2 rings (SSSR count). The van der Waals surface area contributed by atoms with E-state index in [1.54, 1.807) is 4.90 Å². The lowest BCUT2D eigenvalue weighted by Gasteiger charge is -2.29. The zero-order valence-electron chi connectivity index (χ0n) is 10.0. The van der Waals surface area contributed by atoms with Crippen LogP contribution in [0.4, 0.5) is 10.5 Å². The van der Waals surface area contributed by atoms with Gasteiger partial charge in [0, 0.05) is 18.8 Å². The SMILES string of the molecule is Cc1ccc(NC(=O)N2CCC(O)CC2)cc1. The summed E-state index contributed by atoms with van der Waals surface area (Å²) in [7, 11) is 0. The molecule has 0 radical (unpaired) electrons. The second-order valence-electron chi connectivity index (χ2n) is 4.51. The van der Waals surface area contributed by atoms with Crippen LogP contribution in [0.5, 0.6) is 0 Å². The molecule has 2 N–H and O–H groups in total. The normalized spacial score (nSPS) is 16.9. The highest BCUT2D eigenvalue weighted by Crippen LogP contribution is 2.13. The van der Waals surface area contributed by atoms with E-state index < -0.39 is 0 Å². The minimum absolute atomic E-state index is 0.0826. The topological polar surface area (TPSA) is 52.6 Å². The lowest BCUT2D eigenvalue weighted by Crippen LogP contribution is -2.42. The molecular weight excluding hydrogens is 216 g/mol. The lowest BCUT2D eigenvalue weighted by molar-refractivity contribution is 0.0972. The van der Waals surface area contributed by atoms with Crippen molar-refractivity contribution in [2.24, 2.45) is 0 Å². The Morgan fingerprint density at radius 2 is 1.88 bits per heavy atom. The molecule has 0 aromatic heterocycles. The van der Waals surface area contributed by atoms with E-state index >= 15 is 0 Å². The Hall–Kier alpha value is -1.55. The molecule has 0 bridgehead atoms. The molecule has 17 heavy (non-hydrogen) atoms. The third kappa shape index (κ3) is 3.20. The molecule has 1 heterocycles. The summed E-state index contributed by atoms with van der Waals surface area (Å²) < 4.78 is 0. The van der Waals surface area contributed by atoms with Gasteiger partial charge < -0.3 is 15.3 Å². The molecule has 0 unspecified atom stereocenters. The largest absolute Gasteiger partial charge is 0.393 e. The summed E-state index contributed by atoms with van der Waals surface area (Å²) in [5, 5.41) is 12.2. The second-order valence-corrected chi connectivity index (χ2v) is 4.51. The van der Waals surface area contributed by atoms with Crippen molar-refractivity contribution in [2.45, 2.75) is 25.9 Å². The Kier molecular flexibility index (Phi) is 3.64. The molecule has 0 spiro atoms. The molecule has 1 saturated heterocycles. The van der Waals surface area contributed by atoms with Crippen LogP contribution in [0, 0.1) is 6.92 Å². The van der Waals surface area contributed by atoms with Crippen molar-refractivity contribution >= 4 is 11.7 Å². The maximum Gasteiger partial charge on any atom is 0.321 e. The number of nitrogens with zero attached hydrogens (tertiary/aromatic N) is 1. The van der Waals surface area contributed by atoms with Crippen molar-refractivity contribution in [3.8, 4) is 0 Å². The third-order valence-electron chi connectivity index (χ3n) is 3.05. The molecular formula is C13H18N2O2. The number of anilines is 1. The predicted octanol–water partition coefficient (Wildman–Crippen LogP) is 1.98. The van der Waals surface area contributed by atoms with E-state index in [0.717, 1.165) is 5.69 Å². The molecule has 0 atom stereocenters. The fourth-order valence-electron chi connectivity index (χ4n) is 1.91. The van der Waals surface area contributed by atoms with Gasteiger partial charge in [0.1, 0.15) is 0 Å². The van der Waals surface area contributed by atoms with E-state index in [4.69, 9.17) is 0 Å². The Bertz CT molecular complexity index is 381. The Balaban J connectivity index is 1.90. The third-order valence-corrected chi connectivity index (χ3v) is 3.05. The number of aryl methyl sites for hydroxylation is 1. The van der Waals surface area contributed by atoms with Crippen molar-refractivity contribution < 1.29 is 9.90 Å². The van der Waals surface area contributed by atoms with E-state index in [9.17, 15) is 9.90 Å². The average Bonchev–Trinajstić information content (AvgIpc) is 2.33. The van der Waals surface area contributed by atoms with Crippen LogP contribution in [0.25, 0.3) is 0 Å². The van der Waals surface area contributed by atoms with Crippen LogP contribution < -0.4 is 5.32 Å². The number of hydrogen-bond acceptors (Lipinski definition) is 2. The summed E-state index contributed by atoms with van der Waals surface area (Å²) in [4.78, 5) is 13.6. The van der Waals surface area contributed by atoms with Crippen LogP contribution in [-0.4, -0.2) is 35.2 Å². The zero-order valence-corrected chi connectivity index (χ0v) is 10.0. The number of amides is 2. The van der Waals surface area contributed by atoms with Crippen LogP contribution in [0.2, 0.25) is 0 Å².